The van der Waals surface area contributed by atoms with E-state index in [-0.39, 0.29) is 12.4 Å². The molecule has 0 amide bonds. The van der Waals surface area contributed by atoms with Gasteiger partial charge in [0.2, 0.25) is 5.82 Å². The standard InChI is InChI=1S/C14H17N3O4S/c1-4-21-14(18)13-15-12(11-8-6-5-7-9-11)10-17(13)22(19,20)16(2)3/h5-10H,4H2,1-3H3. The first-order chi connectivity index (χ1) is 10.4. The van der Waals surface area contributed by atoms with Crippen molar-refractivity contribution in [3.05, 3.63) is 42.4 Å². The minimum absolute atomic E-state index is 0.133. The van der Waals surface area contributed by atoms with Gasteiger partial charge < -0.3 is 4.74 Å². The van der Waals surface area contributed by atoms with E-state index in [9.17, 15) is 13.2 Å². The lowest BCUT2D eigenvalue weighted by atomic mass is 10.2. The van der Waals surface area contributed by atoms with E-state index >= 15 is 0 Å². The summed E-state index contributed by atoms with van der Waals surface area (Å²) < 4.78 is 31.4. The summed E-state index contributed by atoms with van der Waals surface area (Å²) in [6.07, 6.45) is 1.32. The fraction of sp³-hybridized carbons (Fsp3) is 0.286. The van der Waals surface area contributed by atoms with Crippen molar-refractivity contribution in [1.29, 1.82) is 0 Å². The molecule has 0 aliphatic rings. The Labute approximate surface area is 129 Å². The Kier molecular flexibility index (Phi) is 4.62. The summed E-state index contributed by atoms with van der Waals surface area (Å²) in [6.45, 7) is 1.78. The number of carbonyl (C=O) groups excluding carboxylic acids is 1. The fourth-order valence-corrected chi connectivity index (χ4v) is 2.71. The Bertz CT molecular complexity index is 767. The van der Waals surface area contributed by atoms with Crippen molar-refractivity contribution in [3.63, 3.8) is 0 Å². The minimum atomic E-state index is -3.87. The summed E-state index contributed by atoms with van der Waals surface area (Å²) in [5.41, 5.74) is 1.09. The number of nitrogens with zero attached hydrogens (tertiary/aromatic N) is 3. The van der Waals surface area contributed by atoms with E-state index in [2.05, 4.69) is 4.98 Å². The average molecular weight is 323 g/mol. The number of aromatic nitrogens is 2. The topological polar surface area (TPSA) is 81.5 Å². The Morgan fingerprint density at radius 2 is 1.91 bits per heavy atom. The predicted molar refractivity (Wildman–Crippen MR) is 81.6 cm³/mol. The molecule has 8 heteroatoms. The number of carbonyl (C=O) groups is 1. The number of rotatable bonds is 5. The first-order valence-electron chi connectivity index (χ1n) is 6.63. The van der Waals surface area contributed by atoms with Crippen LogP contribution in [0.1, 0.15) is 17.5 Å². The number of esters is 1. The molecule has 0 saturated heterocycles. The van der Waals surface area contributed by atoms with Crippen LogP contribution in [0.4, 0.5) is 0 Å². The van der Waals surface area contributed by atoms with Gasteiger partial charge in [0.25, 0.3) is 0 Å². The second-order valence-corrected chi connectivity index (χ2v) is 6.64. The zero-order valence-corrected chi connectivity index (χ0v) is 13.4. The molecular formula is C14H17N3O4S. The van der Waals surface area contributed by atoms with Crippen LogP contribution in [0.3, 0.4) is 0 Å². The molecule has 0 atom stereocenters. The summed E-state index contributed by atoms with van der Waals surface area (Å²) in [5, 5.41) is 0. The zero-order chi connectivity index (χ0) is 16.3. The Hall–Kier alpha value is -2.19. The minimum Gasteiger partial charge on any atom is -0.460 e. The van der Waals surface area contributed by atoms with Crippen LogP contribution in [0, 0.1) is 0 Å². The van der Waals surface area contributed by atoms with Crippen LogP contribution in [-0.4, -0.2) is 48.4 Å². The van der Waals surface area contributed by atoms with E-state index in [1.165, 1.54) is 20.3 Å². The van der Waals surface area contributed by atoms with Gasteiger partial charge in [-0.3, -0.25) is 0 Å². The SMILES string of the molecule is CCOC(=O)c1nc(-c2ccccc2)cn1S(=O)(=O)N(C)C. The number of imidazole rings is 1. The molecule has 1 aromatic carbocycles. The summed E-state index contributed by atoms with van der Waals surface area (Å²) in [7, 11) is -1.11. The fourth-order valence-electron chi connectivity index (χ4n) is 1.80. The quantitative estimate of drug-likeness (QED) is 0.777. The van der Waals surface area contributed by atoms with Crippen LogP contribution in [0.15, 0.2) is 36.5 Å². The van der Waals surface area contributed by atoms with Gasteiger partial charge in [0, 0.05) is 19.7 Å². The van der Waals surface area contributed by atoms with E-state index in [1.807, 2.05) is 6.07 Å². The lowest BCUT2D eigenvalue weighted by Gasteiger charge is -2.13. The van der Waals surface area contributed by atoms with Gasteiger partial charge in [-0.2, -0.15) is 12.7 Å². The van der Waals surface area contributed by atoms with Crippen molar-refractivity contribution < 1.29 is 17.9 Å². The second kappa shape index (κ2) is 6.29. The molecule has 2 rings (SSSR count). The molecule has 1 heterocycles. The van der Waals surface area contributed by atoms with Gasteiger partial charge in [-0.15, -0.1) is 0 Å². The highest BCUT2D eigenvalue weighted by Crippen LogP contribution is 2.20. The van der Waals surface area contributed by atoms with E-state index in [0.29, 0.717) is 11.3 Å². The smallest absolute Gasteiger partial charge is 0.375 e. The lowest BCUT2D eigenvalue weighted by Crippen LogP contribution is -2.31. The summed E-state index contributed by atoms with van der Waals surface area (Å²) in [6, 6.07) is 9.01. The molecule has 1 aromatic heterocycles. The average Bonchev–Trinajstić information content (AvgIpc) is 2.94. The van der Waals surface area contributed by atoms with Crippen LogP contribution >= 0.6 is 0 Å². The van der Waals surface area contributed by atoms with Crippen molar-refractivity contribution >= 4 is 16.2 Å². The molecule has 0 saturated carbocycles. The van der Waals surface area contributed by atoms with E-state index < -0.39 is 16.2 Å². The number of ether oxygens (including phenoxy) is 1. The lowest BCUT2D eigenvalue weighted by molar-refractivity contribution is 0.0511. The maximum Gasteiger partial charge on any atom is 0.375 e. The molecule has 0 radical (unpaired) electrons. The molecule has 0 unspecified atom stereocenters. The number of hydrogen-bond acceptors (Lipinski definition) is 5. The van der Waals surface area contributed by atoms with Crippen molar-refractivity contribution in [1.82, 2.24) is 13.3 Å². The maximum absolute atomic E-state index is 12.3. The molecule has 2 aromatic rings. The molecule has 0 fully saturated rings. The molecule has 0 bridgehead atoms. The Morgan fingerprint density at radius 3 is 2.45 bits per heavy atom. The monoisotopic (exact) mass is 323 g/mol. The van der Waals surface area contributed by atoms with Crippen molar-refractivity contribution in [2.24, 2.45) is 0 Å². The van der Waals surface area contributed by atoms with Gasteiger partial charge in [0.15, 0.2) is 0 Å². The summed E-state index contributed by atoms with van der Waals surface area (Å²) in [5.74, 6) is -1.05. The van der Waals surface area contributed by atoms with E-state index in [4.69, 9.17) is 4.74 Å². The predicted octanol–water partition coefficient (Wildman–Crippen LogP) is 1.38. The number of benzene rings is 1. The van der Waals surface area contributed by atoms with Gasteiger partial charge >= 0.3 is 16.2 Å². The third-order valence-electron chi connectivity index (χ3n) is 2.91. The van der Waals surface area contributed by atoms with Gasteiger partial charge in [-0.25, -0.2) is 13.8 Å². The normalized spacial score (nSPS) is 11.6. The highest BCUT2D eigenvalue weighted by atomic mass is 32.2. The van der Waals surface area contributed by atoms with Crippen LogP contribution < -0.4 is 0 Å². The van der Waals surface area contributed by atoms with Crippen LogP contribution in [0.2, 0.25) is 0 Å². The molecule has 7 nitrogen and oxygen atoms in total. The van der Waals surface area contributed by atoms with E-state index in [1.54, 1.807) is 31.2 Å². The van der Waals surface area contributed by atoms with Crippen LogP contribution in [-0.2, 0) is 14.9 Å². The molecule has 0 aliphatic heterocycles. The zero-order valence-electron chi connectivity index (χ0n) is 12.6. The Morgan fingerprint density at radius 1 is 1.27 bits per heavy atom. The van der Waals surface area contributed by atoms with Crippen LogP contribution in [0.25, 0.3) is 11.3 Å². The third-order valence-corrected chi connectivity index (χ3v) is 4.61. The summed E-state index contributed by atoms with van der Waals surface area (Å²) >= 11 is 0. The van der Waals surface area contributed by atoms with Gasteiger partial charge in [-0.05, 0) is 6.92 Å². The maximum atomic E-state index is 12.3. The van der Waals surface area contributed by atoms with Gasteiger partial charge in [0.1, 0.15) is 0 Å². The van der Waals surface area contributed by atoms with Crippen molar-refractivity contribution in [3.8, 4) is 11.3 Å². The highest BCUT2D eigenvalue weighted by molar-refractivity contribution is 7.87. The molecule has 0 spiro atoms. The summed E-state index contributed by atoms with van der Waals surface area (Å²) in [4.78, 5) is 16.1. The number of hydrogen-bond donors (Lipinski definition) is 0. The molecular weight excluding hydrogens is 306 g/mol. The van der Waals surface area contributed by atoms with Crippen LogP contribution in [0.5, 0.6) is 0 Å². The molecule has 0 aliphatic carbocycles. The molecule has 0 N–H and O–H groups in total. The largest absolute Gasteiger partial charge is 0.460 e. The van der Waals surface area contributed by atoms with Crippen molar-refractivity contribution in [2.75, 3.05) is 20.7 Å². The van der Waals surface area contributed by atoms with E-state index in [0.717, 1.165) is 8.28 Å². The molecule has 22 heavy (non-hydrogen) atoms. The van der Waals surface area contributed by atoms with Gasteiger partial charge in [0.05, 0.1) is 18.5 Å². The first kappa shape index (κ1) is 16.2. The van der Waals surface area contributed by atoms with Crippen molar-refractivity contribution in [2.45, 2.75) is 6.92 Å². The molecule has 118 valence electrons. The third kappa shape index (κ3) is 3.02. The van der Waals surface area contributed by atoms with Gasteiger partial charge in [-0.1, -0.05) is 30.3 Å². The Balaban J connectivity index is 2.61. The first-order valence-corrected chi connectivity index (χ1v) is 8.02. The highest BCUT2D eigenvalue weighted by Gasteiger charge is 2.27. The second-order valence-electron chi connectivity index (χ2n) is 4.62.